The lowest BCUT2D eigenvalue weighted by Gasteiger charge is -2.14. The van der Waals surface area contributed by atoms with Crippen LogP contribution in [0.25, 0.3) is 21.3 Å². The van der Waals surface area contributed by atoms with Crippen molar-refractivity contribution in [3.8, 4) is 16.9 Å². The zero-order valence-electron chi connectivity index (χ0n) is 16.0. The van der Waals surface area contributed by atoms with Crippen molar-refractivity contribution in [1.82, 2.24) is 9.97 Å². The summed E-state index contributed by atoms with van der Waals surface area (Å²) in [7, 11) is 1.63. The molecule has 2 aromatic carbocycles. The van der Waals surface area contributed by atoms with Gasteiger partial charge in [0.25, 0.3) is 5.69 Å². The first-order chi connectivity index (χ1) is 14.6. The van der Waals surface area contributed by atoms with Crippen LogP contribution in [0.3, 0.4) is 0 Å². The van der Waals surface area contributed by atoms with Crippen LogP contribution in [0, 0.1) is 10.1 Å². The number of rotatable bonds is 7. The second kappa shape index (κ2) is 8.44. The monoisotopic (exact) mass is 422 g/mol. The number of nitrogens with zero attached hydrogens (tertiary/aromatic N) is 3. The number of anilines is 1. The van der Waals surface area contributed by atoms with Crippen LogP contribution in [0.2, 0.25) is 0 Å². The summed E-state index contributed by atoms with van der Waals surface area (Å²) in [4.78, 5) is 19.9. The summed E-state index contributed by atoms with van der Waals surface area (Å²) in [5, 5.41) is 27.4. The van der Waals surface area contributed by atoms with Crippen molar-refractivity contribution in [3.63, 3.8) is 0 Å². The predicted molar refractivity (Wildman–Crippen MR) is 116 cm³/mol. The summed E-state index contributed by atoms with van der Waals surface area (Å²) in [5.74, 6) is 1.40. The number of nitro benzene ring substituents is 1. The zero-order valence-corrected chi connectivity index (χ0v) is 16.8. The lowest BCUT2D eigenvalue weighted by Crippen LogP contribution is -2.13. The van der Waals surface area contributed by atoms with Crippen molar-refractivity contribution in [2.45, 2.75) is 6.10 Å². The molecule has 2 aromatic heterocycles. The van der Waals surface area contributed by atoms with E-state index >= 15 is 0 Å². The van der Waals surface area contributed by atoms with Crippen molar-refractivity contribution < 1.29 is 14.8 Å². The summed E-state index contributed by atoms with van der Waals surface area (Å²) in [6, 6.07) is 13.6. The van der Waals surface area contributed by atoms with E-state index in [0.29, 0.717) is 11.4 Å². The molecule has 4 rings (SSSR count). The molecule has 0 spiro atoms. The number of thiophene rings is 1. The van der Waals surface area contributed by atoms with Gasteiger partial charge in [0.05, 0.1) is 23.5 Å². The first kappa shape index (κ1) is 19.7. The fourth-order valence-electron chi connectivity index (χ4n) is 3.12. The summed E-state index contributed by atoms with van der Waals surface area (Å²) in [5.41, 5.74) is 2.57. The van der Waals surface area contributed by atoms with Gasteiger partial charge in [0.15, 0.2) is 0 Å². The molecule has 0 fully saturated rings. The van der Waals surface area contributed by atoms with E-state index in [1.54, 1.807) is 19.2 Å². The molecule has 2 heterocycles. The highest BCUT2D eigenvalue weighted by molar-refractivity contribution is 7.17. The molecule has 0 unspecified atom stereocenters. The van der Waals surface area contributed by atoms with Crippen LogP contribution in [0.1, 0.15) is 11.7 Å². The Morgan fingerprint density at radius 2 is 1.90 bits per heavy atom. The average molecular weight is 422 g/mol. The van der Waals surface area contributed by atoms with E-state index in [1.807, 2.05) is 29.6 Å². The molecular weight excluding hydrogens is 404 g/mol. The summed E-state index contributed by atoms with van der Waals surface area (Å²) < 4.78 is 5.23. The Kier molecular flexibility index (Phi) is 5.55. The van der Waals surface area contributed by atoms with E-state index in [-0.39, 0.29) is 12.2 Å². The number of aliphatic hydroxyl groups excluding tert-OH is 1. The topological polar surface area (TPSA) is 110 Å². The third kappa shape index (κ3) is 3.93. The van der Waals surface area contributed by atoms with E-state index in [4.69, 9.17) is 4.74 Å². The maximum absolute atomic E-state index is 10.8. The van der Waals surface area contributed by atoms with Gasteiger partial charge in [-0.15, -0.1) is 11.3 Å². The molecule has 1 atom stereocenters. The molecule has 4 aromatic rings. The molecule has 0 amide bonds. The smallest absolute Gasteiger partial charge is 0.269 e. The molecule has 2 N–H and O–H groups in total. The second-order valence-corrected chi connectivity index (χ2v) is 7.38. The highest BCUT2D eigenvalue weighted by atomic mass is 32.1. The van der Waals surface area contributed by atoms with Crippen molar-refractivity contribution in [2.24, 2.45) is 0 Å². The van der Waals surface area contributed by atoms with Gasteiger partial charge >= 0.3 is 0 Å². The van der Waals surface area contributed by atoms with Crippen molar-refractivity contribution in [2.75, 3.05) is 19.0 Å². The molecule has 0 radical (unpaired) electrons. The van der Waals surface area contributed by atoms with Gasteiger partial charge in [0, 0.05) is 29.6 Å². The largest absolute Gasteiger partial charge is 0.497 e. The van der Waals surface area contributed by atoms with E-state index in [9.17, 15) is 15.2 Å². The predicted octanol–water partition coefficient (Wildman–Crippen LogP) is 4.42. The number of nitrogens with one attached hydrogen (secondary N) is 1. The Morgan fingerprint density at radius 3 is 2.57 bits per heavy atom. The van der Waals surface area contributed by atoms with Gasteiger partial charge in [-0.1, -0.05) is 12.1 Å². The third-order valence-electron chi connectivity index (χ3n) is 4.72. The molecule has 0 saturated heterocycles. The minimum absolute atomic E-state index is 0.0150. The average Bonchev–Trinajstić information content (AvgIpc) is 3.22. The maximum Gasteiger partial charge on any atom is 0.269 e. The highest BCUT2D eigenvalue weighted by Crippen LogP contribution is 2.37. The van der Waals surface area contributed by atoms with Gasteiger partial charge in [-0.05, 0) is 35.4 Å². The first-order valence-electron chi connectivity index (χ1n) is 9.09. The van der Waals surface area contributed by atoms with Gasteiger partial charge in [0.1, 0.15) is 22.7 Å². The van der Waals surface area contributed by atoms with Crippen molar-refractivity contribution in [1.29, 1.82) is 0 Å². The maximum atomic E-state index is 10.8. The highest BCUT2D eigenvalue weighted by Gasteiger charge is 2.15. The second-order valence-electron chi connectivity index (χ2n) is 6.53. The first-order valence-corrected chi connectivity index (χ1v) is 9.97. The molecule has 0 aliphatic rings. The Bertz CT molecular complexity index is 1180. The number of benzene rings is 2. The molecule has 0 bridgehead atoms. The number of methoxy groups -OCH3 is 1. The van der Waals surface area contributed by atoms with E-state index in [1.165, 1.54) is 29.8 Å². The standard InChI is InChI=1S/C21H18N4O4S/c1-29-16-8-4-13(5-9-16)17-11-30-21-19(17)20(23-12-24-21)22-10-18(26)14-2-6-15(7-3-14)25(27)28/h2-9,11-12,18,26H,10H2,1H3,(H,22,23,24)/t18-/m1/s1. The van der Waals surface area contributed by atoms with Crippen LogP contribution in [0.5, 0.6) is 5.75 Å². The van der Waals surface area contributed by atoms with Crippen LogP contribution in [-0.4, -0.2) is 33.7 Å². The van der Waals surface area contributed by atoms with Crippen molar-refractivity contribution in [3.05, 3.63) is 75.9 Å². The lowest BCUT2D eigenvalue weighted by atomic mass is 10.1. The summed E-state index contributed by atoms with van der Waals surface area (Å²) in [6.07, 6.45) is 0.635. The molecule has 8 nitrogen and oxygen atoms in total. The Morgan fingerprint density at radius 1 is 1.17 bits per heavy atom. The van der Waals surface area contributed by atoms with Gasteiger partial charge in [-0.2, -0.15) is 0 Å². The molecule has 0 aliphatic carbocycles. The number of nitro groups is 1. The summed E-state index contributed by atoms with van der Waals surface area (Å²) in [6.45, 7) is 0.196. The molecule has 9 heteroatoms. The Balaban J connectivity index is 1.58. The van der Waals surface area contributed by atoms with Gasteiger partial charge in [-0.3, -0.25) is 10.1 Å². The molecule has 0 saturated carbocycles. The number of fused-ring (bicyclic) bond motifs is 1. The molecular formula is C21H18N4O4S. The van der Waals surface area contributed by atoms with Crippen LogP contribution >= 0.6 is 11.3 Å². The van der Waals surface area contributed by atoms with E-state index in [2.05, 4.69) is 15.3 Å². The van der Waals surface area contributed by atoms with Crippen LogP contribution < -0.4 is 10.1 Å². The van der Waals surface area contributed by atoms with Crippen molar-refractivity contribution >= 4 is 33.1 Å². The molecule has 30 heavy (non-hydrogen) atoms. The number of aliphatic hydroxyl groups is 1. The quantitative estimate of drug-likeness (QED) is 0.335. The molecule has 152 valence electrons. The van der Waals surface area contributed by atoms with Crippen LogP contribution in [0.15, 0.2) is 60.2 Å². The zero-order chi connectivity index (χ0) is 21.1. The number of non-ortho nitro benzene ring substituents is 1. The van der Waals surface area contributed by atoms with E-state index < -0.39 is 11.0 Å². The van der Waals surface area contributed by atoms with Gasteiger partial charge < -0.3 is 15.2 Å². The SMILES string of the molecule is COc1ccc(-c2csc3ncnc(NC[C@@H](O)c4ccc([N+](=O)[O-])cc4)c23)cc1. The van der Waals surface area contributed by atoms with E-state index in [0.717, 1.165) is 27.1 Å². The Hall–Kier alpha value is -3.56. The van der Waals surface area contributed by atoms with Crippen LogP contribution in [-0.2, 0) is 0 Å². The van der Waals surface area contributed by atoms with Gasteiger partial charge in [0.2, 0.25) is 0 Å². The number of ether oxygens (including phenoxy) is 1. The summed E-state index contributed by atoms with van der Waals surface area (Å²) >= 11 is 1.52. The van der Waals surface area contributed by atoms with Crippen LogP contribution in [0.4, 0.5) is 11.5 Å². The lowest BCUT2D eigenvalue weighted by molar-refractivity contribution is -0.384. The third-order valence-corrected chi connectivity index (χ3v) is 5.61. The fourth-order valence-corrected chi connectivity index (χ4v) is 4.04. The molecule has 0 aliphatic heterocycles. The Labute approximate surface area is 176 Å². The fraction of sp³-hybridized carbons (Fsp3) is 0.143. The number of aromatic nitrogens is 2. The normalized spacial score (nSPS) is 11.9. The number of hydrogen-bond acceptors (Lipinski definition) is 8. The number of hydrogen-bond donors (Lipinski definition) is 2. The van der Waals surface area contributed by atoms with Gasteiger partial charge in [-0.25, -0.2) is 9.97 Å². The minimum atomic E-state index is -0.848. The minimum Gasteiger partial charge on any atom is -0.497 e.